The lowest BCUT2D eigenvalue weighted by Gasteiger charge is -2.32. The van der Waals surface area contributed by atoms with Gasteiger partial charge in [-0.2, -0.15) is 4.57 Å². The first-order valence-electron chi connectivity index (χ1n) is 8.65. The first kappa shape index (κ1) is 21.7. The van der Waals surface area contributed by atoms with Gasteiger partial charge >= 0.3 is 0 Å². The number of carbonyl (C=O) groups excluding carboxylic acids is 2. The summed E-state index contributed by atoms with van der Waals surface area (Å²) in [4.78, 5) is 27.7. The Hall–Kier alpha value is -1.97. The number of fused-ring (bicyclic) bond motifs is 1. The van der Waals surface area contributed by atoms with E-state index in [0.717, 1.165) is 10.2 Å². The SMILES string of the molecule is O=C(Nc1ccc(Cl)cc1)C1c2cccc[n+]2CC(=O)N1c1ccc(Br)cc1.[I-]. The molecule has 4 rings (SSSR count). The monoisotopic (exact) mass is 583 g/mol. The van der Waals surface area contributed by atoms with Crippen LogP contribution in [0.2, 0.25) is 5.02 Å². The average Bonchev–Trinajstić information content (AvgIpc) is 2.69. The van der Waals surface area contributed by atoms with Crippen molar-refractivity contribution in [2.75, 3.05) is 10.2 Å². The van der Waals surface area contributed by atoms with Gasteiger partial charge in [-0.25, -0.2) is 0 Å². The fourth-order valence-electron chi connectivity index (χ4n) is 3.27. The van der Waals surface area contributed by atoms with Crippen molar-refractivity contribution >= 4 is 50.7 Å². The average molecular weight is 585 g/mol. The molecule has 0 fully saturated rings. The van der Waals surface area contributed by atoms with Crippen molar-refractivity contribution in [3.63, 3.8) is 0 Å². The number of hydrogen-bond acceptors (Lipinski definition) is 2. The number of anilines is 2. The number of hydrogen-bond donors (Lipinski definition) is 1. The van der Waals surface area contributed by atoms with Gasteiger partial charge in [0.1, 0.15) is 0 Å². The minimum absolute atomic E-state index is 0. The van der Waals surface area contributed by atoms with Gasteiger partial charge in [-0.3, -0.25) is 14.5 Å². The fraction of sp³-hybridized carbons (Fsp3) is 0.0952. The molecule has 148 valence electrons. The van der Waals surface area contributed by atoms with Crippen LogP contribution >= 0.6 is 27.5 Å². The minimum atomic E-state index is -0.792. The van der Waals surface area contributed by atoms with Crippen LogP contribution < -0.4 is 38.8 Å². The van der Waals surface area contributed by atoms with Crippen LogP contribution in [-0.4, -0.2) is 11.8 Å². The van der Waals surface area contributed by atoms with Gasteiger partial charge < -0.3 is 29.3 Å². The number of benzene rings is 2. The van der Waals surface area contributed by atoms with E-state index in [1.807, 2.05) is 53.2 Å². The van der Waals surface area contributed by atoms with Crippen LogP contribution in [0.5, 0.6) is 0 Å². The van der Waals surface area contributed by atoms with Crippen molar-refractivity contribution in [3.05, 3.63) is 88.1 Å². The maximum absolute atomic E-state index is 13.3. The highest BCUT2D eigenvalue weighted by Gasteiger charge is 2.43. The lowest BCUT2D eigenvalue weighted by molar-refractivity contribution is -0.695. The highest BCUT2D eigenvalue weighted by molar-refractivity contribution is 9.10. The summed E-state index contributed by atoms with van der Waals surface area (Å²) in [7, 11) is 0. The molecule has 1 aliphatic heterocycles. The predicted octanol–water partition coefficient (Wildman–Crippen LogP) is 1.12. The molecule has 1 atom stereocenters. The number of carbonyl (C=O) groups is 2. The molecule has 1 unspecified atom stereocenters. The number of halogens is 3. The Kier molecular flexibility index (Phi) is 6.92. The second kappa shape index (κ2) is 9.23. The van der Waals surface area contributed by atoms with Gasteiger partial charge in [0, 0.05) is 33.0 Å². The summed E-state index contributed by atoms with van der Waals surface area (Å²) in [6.07, 6.45) is 1.81. The summed E-state index contributed by atoms with van der Waals surface area (Å²) < 4.78 is 2.71. The Morgan fingerprint density at radius 2 is 1.76 bits per heavy atom. The first-order chi connectivity index (χ1) is 13.5. The quantitative estimate of drug-likeness (QED) is 0.371. The molecule has 2 aromatic carbocycles. The van der Waals surface area contributed by atoms with E-state index in [4.69, 9.17) is 11.6 Å². The Bertz CT molecular complexity index is 1040. The fourth-order valence-corrected chi connectivity index (χ4v) is 3.66. The summed E-state index contributed by atoms with van der Waals surface area (Å²) in [5.74, 6) is -0.444. The largest absolute Gasteiger partial charge is 1.00 e. The number of pyridine rings is 1. The molecule has 2 amide bonds. The molecule has 2 heterocycles. The van der Waals surface area contributed by atoms with Crippen molar-refractivity contribution < 1.29 is 38.1 Å². The summed E-state index contributed by atoms with van der Waals surface area (Å²) >= 11 is 9.33. The number of aromatic nitrogens is 1. The first-order valence-corrected chi connectivity index (χ1v) is 9.82. The van der Waals surface area contributed by atoms with Crippen LogP contribution in [0.3, 0.4) is 0 Å². The molecule has 29 heavy (non-hydrogen) atoms. The molecule has 0 saturated carbocycles. The van der Waals surface area contributed by atoms with Gasteiger partial charge in [-0.05, 0) is 48.5 Å². The molecule has 1 aliphatic rings. The summed E-state index contributed by atoms with van der Waals surface area (Å²) in [5.41, 5.74) is 2.03. The van der Waals surface area contributed by atoms with Gasteiger partial charge in [0.2, 0.25) is 18.3 Å². The molecule has 1 N–H and O–H groups in total. The van der Waals surface area contributed by atoms with Crippen molar-refractivity contribution in [3.8, 4) is 0 Å². The zero-order chi connectivity index (χ0) is 19.7. The third-order valence-electron chi connectivity index (χ3n) is 4.55. The van der Waals surface area contributed by atoms with E-state index >= 15 is 0 Å². The molecular formula is C21H16BrClIN3O2. The minimum Gasteiger partial charge on any atom is -1.00 e. The van der Waals surface area contributed by atoms with Crippen LogP contribution in [0.25, 0.3) is 0 Å². The third kappa shape index (κ3) is 4.62. The summed E-state index contributed by atoms with van der Waals surface area (Å²) in [5, 5.41) is 3.48. The van der Waals surface area contributed by atoms with Crippen molar-refractivity contribution in [1.29, 1.82) is 0 Å². The highest BCUT2D eigenvalue weighted by Crippen LogP contribution is 2.31. The number of nitrogens with zero attached hydrogens (tertiary/aromatic N) is 2. The molecule has 0 spiro atoms. The van der Waals surface area contributed by atoms with Crippen LogP contribution in [0, 0.1) is 0 Å². The topological polar surface area (TPSA) is 53.3 Å². The Morgan fingerprint density at radius 1 is 1.07 bits per heavy atom. The van der Waals surface area contributed by atoms with Gasteiger partial charge in [0.05, 0.1) is 0 Å². The Balaban J connectivity index is 0.00000240. The lowest BCUT2D eigenvalue weighted by atomic mass is 10.0. The molecule has 0 saturated heterocycles. The molecule has 0 radical (unpaired) electrons. The van der Waals surface area contributed by atoms with Crippen LogP contribution in [0.1, 0.15) is 11.7 Å². The lowest BCUT2D eigenvalue weighted by Crippen LogP contribution is -3.00. The van der Waals surface area contributed by atoms with E-state index in [9.17, 15) is 9.59 Å². The van der Waals surface area contributed by atoms with Crippen molar-refractivity contribution in [1.82, 2.24) is 0 Å². The summed E-state index contributed by atoms with van der Waals surface area (Å²) in [6, 6.07) is 19.0. The van der Waals surface area contributed by atoms with Gasteiger partial charge in [0.15, 0.2) is 6.20 Å². The van der Waals surface area contributed by atoms with Crippen LogP contribution in [-0.2, 0) is 16.1 Å². The number of nitrogens with one attached hydrogen (secondary N) is 1. The van der Waals surface area contributed by atoms with E-state index in [1.165, 1.54) is 0 Å². The Morgan fingerprint density at radius 3 is 2.45 bits per heavy atom. The normalized spacial score (nSPS) is 15.3. The second-order valence-corrected chi connectivity index (χ2v) is 7.74. The Labute approximate surface area is 198 Å². The second-order valence-electron chi connectivity index (χ2n) is 6.39. The van der Waals surface area contributed by atoms with Gasteiger partial charge in [0.25, 0.3) is 11.8 Å². The van der Waals surface area contributed by atoms with E-state index < -0.39 is 6.04 Å². The van der Waals surface area contributed by atoms with E-state index in [2.05, 4.69) is 21.2 Å². The van der Waals surface area contributed by atoms with Gasteiger partial charge in [-0.1, -0.05) is 33.6 Å². The maximum Gasteiger partial charge on any atom is 0.294 e. The molecule has 5 nitrogen and oxygen atoms in total. The zero-order valence-electron chi connectivity index (χ0n) is 15.1. The number of rotatable bonds is 3. The van der Waals surface area contributed by atoms with Gasteiger partial charge in [-0.15, -0.1) is 0 Å². The van der Waals surface area contributed by atoms with E-state index in [0.29, 0.717) is 16.4 Å². The van der Waals surface area contributed by atoms with E-state index in [-0.39, 0.29) is 42.3 Å². The molecule has 0 aliphatic carbocycles. The highest BCUT2D eigenvalue weighted by atomic mass is 127. The maximum atomic E-state index is 13.3. The molecule has 8 heteroatoms. The molecule has 0 bridgehead atoms. The van der Waals surface area contributed by atoms with Crippen molar-refractivity contribution in [2.24, 2.45) is 0 Å². The van der Waals surface area contributed by atoms with Crippen molar-refractivity contribution in [2.45, 2.75) is 12.6 Å². The zero-order valence-corrected chi connectivity index (χ0v) is 19.6. The van der Waals surface area contributed by atoms with E-state index in [1.54, 1.807) is 29.2 Å². The standard InChI is InChI=1S/C21H15BrClN3O2.HI/c22-14-4-10-17(11-5-14)26-19(27)13-25-12-2-1-3-18(25)20(26)21(28)24-16-8-6-15(23)7-9-16;/h1-12,20H,13H2;1H. The van der Waals surface area contributed by atoms with Crippen LogP contribution in [0.15, 0.2) is 77.4 Å². The third-order valence-corrected chi connectivity index (χ3v) is 5.33. The van der Waals surface area contributed by atoms with Crippen LogP contribution in [0.4, 0.5) is 11.4 Å². The molecule has 1 aromatic heterocycles. The summed E-state index contributed by atoms with van der Waals surface area (Å²) in [6.45, 7) is 0.178. The predicted molar refractivity (Wildman–Crippen MR) is 111 cm³/mol. The molecular weight excluding hydrogens is 569 g/mol. The number of amides is 2. The molecule has 3 aromatic rings. The smallest absolute Gasteiger partial charge is 0.294 e.